The number of imidazole rings is 1. The Morgan fingerprint density at radius 1 is 1.18 bits per heavy atom. The highest BCUT2D eigenvalue weighted by atomic mass is 19.1. The van der Waals surface area contributed by atoms with Gasteiger partial charge < -0.3 is 10.1 Å². The van der Waals surface area contributed by atoms with Crippen molar-refractivity contribution in [1.82, 2.24) is 15.0 Å². The van der Waals surface area contributed by atoms with Crippen molar-refractivity contribution in [2.45, 2.75) is 0 Å². The lowest BCUT2D eigenvalue weighted by atomic mass is 10.1. The van der Waals surface area contributed by atoms with Crippen LogP contribution < -0.4 is 0 Å². The number of H-pyrrole nitrogens is 1. The quantitative estimate of drug-likeness (QED) is 0.673. The summed E-state index contributed by atoms with van der Waals surface area (Å²) in [6.45, 7) is 0. The fourth-order valence-electron chi connectivity index (χ4n) is 1.70. The molecule has 3 rings (SSSR count). The van der Waals surface area contributed by atoms with Gasteiger partial charge in [0.25, 0.3) is 0 Å². The first-order chi connectivity index (χ1) is 8.25. The highest BCUT2D eigenvalue weighted by Gasteiger charge is 2.09. The number of nitrogens with zero attached hydrogens (tertiary/aromatic N) is 2. The lowest BCUT2D eigenvalue weighted by Gasteiger charge is -2.03. The molecule has 0 aliphatic carbocycles. The van der Waals surface area contributed by atoms with Crippen LogP contribution in [-0.2, 0) is 0 Å². The van der Waals surface area contributed by atoms with Crippen molar-refractivity contribution in [2.24, 2.45) is 0 Å². The number of benzene rings is 1. The second kappa shape index (κ2) is 3.55. The molecule has 0 fully saturated rings. The molecule has 5 heteroatoms. The van der Waals surface area contributed by atoms with Gasteiger partial charge in [-0.05, 0) is 18.2 Å². The number of nitrogens with one attached hydrogen (secondary N) is 1. The van der Waals surface area contributed by atoms with Crippen molar-refractivity contribution in [3.8, 4) is 17.1 Å². The number of pyridine rings is 1. The van der Waals surface area contributed by atoms with Gasteiger partial charge in [0.05, 0.1) is 23.9 Å². The summed E-state index contributed by atoms with van der Waals surface area (Å²) in [5, 5.41) is 10.3. The number of hydrogen-bond donors (Lipinski definition) is 2. The van der Waals surface area contributed by atoms with Crippen molar-refractivity contribution >= 4 is 10.9 Å². The summed E-state index contributed by atoms with van der Waals surface area (Å²) in [5.74, 6) is -1.10. The van der Waals surface area contributed by atoms with Crippen LogP contribution in [0.15, 0.2) is 36.8 Å². The zero-order valence-electron chi connectivity index (χ0n) is 8.68. The Morgan fingerprint density at radius 3 is 2.76 bits per heavy atom. The van der Waals surface area contributed by atoms with Crippen molar-refractivity contribution < 1.29 is 9.50 Å². The minimum Gasteiger partial charge on any atom is -0.503 e. The van der Waals surface area contributed by atoms with Crippen LogP contribution in [0.5, 0.6) is 5.75 Å². The number of halogens is 1. The molecule has 0 saturated carbocycles. The highest BCUT2D eigenvalue weighted by Crippen LogP contribution is 2.27. The SMILES string of the molecule is Oc1c(F)ccc2ccc(-c3cnc[nH]3)nc12. The van der Waals surface area contributed by atoms with Gasteiger partial charge in [-0.1, -0.05) is 6.07 Å². The molecule has 0 amide bonds. The van der Waals surface area contributed by atoms with Crippen LogP contribution in [0.2, 0.25) is 0 Å². The molecule has 0 spiro atoms. The van der Waals surface area contributed by atoms with Crippen molar-refractivity contribution in [3.05, 3.63) is 42.6 Å². The molecule has 0 aliphatic heterocycles. The van der Waals surface area contributed by atoms with E-state index in [0.29, 0.717) is 11.1 Å². The molecule has 0 aliphatic rings. The average Bonchev–Trinajstić information content (AvgIpc) is 2.87. The zero-order valence-corrected chi connectivity index (χ0v) is 8.68. The van der Waals surface area contributed by atoms with E-state index in [1.807, 2.05) is 0 Å². The summed E-state index contributed by atoms with van der Waals surface area (Å²) in [6.07, 6.45) is 3.15. The maximum Gasteiger partial charge on any atom is 0.178 e. The Labute approximate surface area is 95.8 Å². The van der Waals surface area contributed by atoms with E-state index in [-0.39, 0.29) is 5.52 Å². The number of fused-ring (bicyclic) bond motifs is 1. The summed E-state index contributed by atoms with van der Waals surface area (Å²) < 4.78 is 13.2. The molecule has 0 atom stereocenters. The normalized spacial score (nSPS) is 10.9. The van der Waals surface area contributed by atoms with E-state index in [9.17, 15) is 9.50 Å². The minimum atomic E-state index is -0.674. The van der Waals surface area contributed by atoms with Crippen molar-refractivity contribution in [3.63, 3.8) is 0 Å². The average molecular weight is 229 g/mol. The fraction of sp³-hybridized carbons (Fsp3) is 0. The Morgan fingerprint density at radius 2 is 2.00 bits per heavy atom. The van der Waals surface area contributed by atoms with Gasteiger partial charge in [0.2, 0.25) is 0 Å². The van der Waals surface area contributed by atoms with E-state index >= 15 is 0 Å². The van der Waals surface area contributed by atoms with E-state index in [4.69, 9.17) is 0 Å². The molecule has 0 bridgehead atoms. The maximum atomic E-state index is 13.2. The van der Waals surface area contributed by atoms with E-state index < -0.39 is 11.6 Å². The number of phenols is 1. The molecule has 84 valence electrons. The second-order valence-electron chi connectivity index (χ2n) is 3.63. The van der Waals surface area contributed by atoms with Crippen molar-refractivity contribution in [1.29, 1.82) is 0 Å². The van der Waals surface area contributed by atoms with Gasteiger partial charge in [0.15, 0.2) is 11.6 Å². The molecule has 0 radical (unpaired) electrons. The molecular formula is C12H8FN3O. The van der Waals surface area contributed by atoms with Gasteiger partial charge in [-0.2, -0.15) is 0 Å². The summed E-state index contributed by atoms with van der Waals surface area (Å²) in [6, 6.07) is 6.36. The maximum absolute atomic E-state index is 13.2. The van der Waals surface area contributed by atoms with Gasteiger partial charge in [0.1, 0.15) is 5.52 Å². The molecule has 1 aromatic carbocycles. The second-order valence-corrected chi connectivity index (χ2v) is 3.63. The fourth-order valence-corrected chi connectivity index (χ4v) is 1.70. The molecule has 17 heavy (non-hydrogen) atoms. The molecule has 0 unspecified atom stereocenters. The molecule has 2 heterocycles. The molecule has 4 nitrogen and oxygen atoms in total. The van der Waals surface area contributed by atoms with Crippen molar-refractivity contribution in [2.75, 3.05) is 0 Å². The van der Waals surface area contributed by atoms with Crippen LogP contribution in [0.4, 0.5) is 4.39 Å². The number of aromatic nitrogens is 3. The zero-order chi connectivity index (χ0) is 11.8. The van der Waals surface area contributed by atoms with E-state index in [2.05, 4.69) is 15.0 Å². The molecule has 2 N–H and O–H groups in total. The third kappa shape index (κ3) is 1.52. The Hall–Kier alpha value is -2.43. The molecule has 2 aromatic heterocycles. The van der Waals surface area contributed by atoms with Crippen LogP contribution in [0.3, 0.4) is 0 Å². The minimum absolute atomic E-state index is 0.247. The van der Waals surface area contributed by atoms with E-state index in [0.717, 1.165) is 5.69 Å². The van der Waals surface area contributed by atoms with E-state index in [1.165, 1.54) is 12.4 Å². The Bertz CT molecular complexity index is 680. The van der Waals surface area contributed by atoms with Gasteiger partial charge in [-0.15, -0.1) is 0 Å². The lowest BCUT2D eigenvalue weighted by Crippen LogP contribution is -1.87. The number of rotatable bonds is 1. The molecular weight excluding hydrogens is 221 g/mol. The lowest BCUT2D eigenvalue weighted by molar-refractivity contribution is 0.437. The van der Waals surface area contributed by atoms with Crippen LogP contribution in [0.1, 0.15) is 0 Å². The highest BCUT2D eigenvalue weighted by molar-refractivity contribution is 5.86. The number of phenolic OH excluding ortho intramolecular Hbond substituents is 1. The van der Waals surface area contributed by atoms with Crippen LogP contribution >= 0.6 is 0 Å². The largest absolute Gasteiger partial charge is 0.503 e. The predicted molar refractivity (Wildman–Crippen MR) is 60.9 cm³/mol. The topological polar surface area (TPSA) is 61.8 Å². The smallest absolute Gasteiger partial charge is 0.178 e. The number of hydrogen-bond acceptors (Lipinski definition) is 3. The van der Waals surface area contributed by atoms with Gasteiger partial charge in [-0.25, -0.2) is 14.4 Å². The van der Waals surface area contributed by atoms with Gasteiger partial charge >= 0.3 is 0 Å². The standard InChI is InChI=1S/C12H8FN3O/c13-8-3-1-7-2-4-9(10-5-14-6-15-10)16-11(7)12(8)17/h1-6,17H,(H,14,15). The summed E-state index contributed by atoms with van der Waals surface area (Å²) in [5.41, 5.74) is 1.57. The summed E-state index contributed by atoms with van der Waals surface area (Å²) in [7, 11) is 0. The third-order valence-electron chi connectivity index (χ3n) is 2.56. The first-order valence-electron chi connectivity index (χ1n) is 5.02. The van der Waals surface area contributed by atoms with Crippen LogP contribution in [0.25, 0.3) is 22.3 Å². The summed E-state index contributed by atoms with van der Waals surface area (Å²) in [4.78, 5) is 11.0. The van der Waals surface area contributed by atoms with Gasteiger partial charge in [-0.3, -0.25) is 0 Å². The molecule has 3 aromatic rings. The third-order valence-corrected chi connectivity index (χ3v) is 2.56. The van der Waals surface area contributed by atoms with Gasteiger partial charge in [0, 0.05) is 5.39 Å². The number of aromatic amines is 1. The van der Waals surface area contributed by atoms with Crippen LogP contribution in [0, 0.1) is 5.82 Å². The van der Waals surface area contributed by atoms with Crippen LogP contribution in [-0.4, -0.2) is 20.1 Å². The first-order valence-corrected chi connectivity index (χ1v) is 5.02. The Balaban J connectivity index is 2.28. The first kappa shape index (κ1) is 9.77. The van der Waals surface area contributed by atoms with E-state index in [1.54, 1.807) is 24.4 Å². The Kier molecular flexibility index (Phi) is 2.04. The predicted octanol–water partition coefficient (Wildman–Crippen LogP) is 2.47. The monoisotopic (exact) mass is 229 g/mol. The number of aromatic hydroxyl groups is 1. The molecule has 0 saturated heterocycles. The summed E-state index contributed by atoms with van der Waals surface area (Å²) >= 11 is 0.